The highest BCUT2D eigenvalue weighted by molar-refractivity contribution is 6.35. The Morgan fingerprint density at radius 2 is 1.86 bits per heavy atom. The first-order chi connectivity index (χ1) is 16.9. The summed E-state index contributed by atoms with van der Waals surface area (Å²) in [6.45, 7) is 3.93. The molecule has 5 rings (SSSR count). The quantitative estimate of drug-likeness (QED) is 0.192. The summed E-state index contributed by atoms with van der Waals surface area (Å²) in [5, 5.41) is 13.1. The van der Waals surface area contributed by atoms with Crippen LogP contribution >= 0.6 is 23.2 Å². The van der Waals surface area contributed by atoms with Crippen LogP contribution in [0.15, 0.2) is 48.8 Å². The number of aromatic amines is 1. The number of aromatic nitrogens is 3. The van der Waals surface area contributed by atoms with Crippen molar-refractivity contribution in [2.75, 3.05) is 18.8 Å². The molecule has 1 fully saturated rings. The van der Waals surface area contributed by atoms with Crippen molar-refractivity contribution < 1.29 is 4.74 Å². The highest BCUT2D eigenvalue weighted by atomic mass is 35.5. The maximum absolute atomic E-state index is 8.82. The van der Waals surface area contributed by atoms with Gasteiger partial charge < -0.3 is 20.8 Å². The topological polar surface area (TPSA) is 113 Å². The van der Waals surface area contributed by atoms with Gasteiger partial charge in [-0.15, -0.1) is 0 Å². The van der Waals surface area contributed by atoms with Crippen molar-refractivity contribution in [1.29, 1.82) is 5.41 Å². The Morgan fingerprint density at radius 1 is 1.11 bits per heavy atom. The molecule has 1 aliphatic heterocycles. The molecule has 7 nitrogen and oxygen atoms in total. The SMILES string of the molecule is CC(Oc1ccc(N)c(C(=N)c2nc3ccc(C4CCNCC4)cc3[nH]2)c1)c1c(Cl)cncc1Cl. The average molecular weight is 509 g/mol. The number of imidazole rings is 1. The lowest BCUT2D eigenvalue weighted by molar-refractivity contribution is 0.227. The largest absolute Gasteiger partial charge is 0.486 e. The van der Waals surface area contributed by atoms with Gasteiger partial charge in [-0.2, -0.15) is 0 Å². The van der Waals surface area contributed by atoms with Gasteiger partial charge in [0.25, 0.3) is 0 Å². The summed E-state index contributed by atoms with van der Waals surface area (Å²) in [6.07, 6.45) is 4.89. The van der Waals surface area contributed by atoms with Gasteiger partial charge in [0.05, 0.1) is 21.1 Å². The lowest BCUT2D eigenvalue weighted by Gasteiger charge is -2.22. The van der Waals surface area contributed by atoms with E-state index in [4.69, 9.17) is 39.1 Å². The molecule has 1 saturated heterocycles. The lowest BCUT2D eigenvalue weighted by atomic mass is 9.90. The molecule has 2 aromatic carbocycles. The third-order valence-corrected chi connectivity index (χ3v) is 7.06. The van der Waals surface area contributed by atoms with E-state index in [0.29, 0.717) is 44.4 Å². The van der Waals surface area contributed by atoms with E-state index in [1.807, 2.05) is 13.0 Å². The van der Waals surface area contributed by atoms with E-state index in [9.17, 15) is 0 Å². The second-order valence-electron chi connectivity index (χ2n) is 8.79. The molecular weight excluding hydrogens is 483 g/mol. The molecule has 1 atom stereocenters. The standard InChI is InChI=1S/C26H26Cl2N6O/c1-14(24-19(27)12-32-13-20(24)28)35-17-3-4-21(29)18(11-17)25(30)26-33-22-5-2-16(10-23(22)34-26)15-6-8-31-9-7-15/h2-5,10-15,30-31H,6-9,29H2,1H3,(H,33,34). The number of nitrogen functional groups attached to an aromatic ring is 1. The number of nitrogens with two attached hydrogens (primary N) is 1. The number of hydrogen-bond donors (Lipinski definition) is 4. The van der Waals surface area contributed by atoms with Crippen LogP contribution in [0.2, 0.25) is 10.0 Å². The fourth-order valence-electron chi connectivity index (χ4n) is 4.58. The van der Waals surface area contributed by atoms with Crippen LogP contribution in [0.5, 0.6) is 5.75 Å². The Hall–Kier alpha value is -3.13. The van der Waals surface area contributed by atoms with E-state index in [0.717, 1.165) is 37.0 Å². The molecular formula is C26H26Cl2N6O. The van der Waals surface area contributed by atoms with Crippen LogP contribution in [-0.4, -0.2) is 33.8 Å². The van der Waals surface area contributed by atoms with Gasteiger partial charge in [-0.1, -0.05) is 29.3 Å². The molecule has 0 saturated carbocycles. The molecule has 4 aromatic rings. The third-order valence-electron chi connectivity index (χ3n) is 6.46. The Morgan fingerprint density at radius 3 is 2.60 bits per heavy atom. The molecule has 0 aliphatic carbocycles. The summed E-state index contributed by atoms with van der Waals surface area (Å²) in [5.74, 6) is 1.54. The number of benzene rings is 2. The van der Waals surface area contributed by atoms with E-state index in [1.54, 1.807) is 18.2 Å². The van der Waals surface area contributed by atoms with Gasteiger partial charge >= 0.3 is 0 Å². The number of hydrogen-bond acceptors (Lipinski definition) is 6. The fraction of sp³-hybridized carbons (Fsp3) is 0.269. The van der Waals surface area contributed by atoms with Crippen LogP contribution in [0, 0.1) is 5.41 Å². The number of nitrogens with zero attached hydrogens (tertiary/aromatic N) is 2. The second kappa shape index (κ2) is 9.85. The van der Waals surface area contributed by atoms with Gasteiger partial charge in [-0.05, 0) is 74.7 Å². The first-order valence-corrected chi connectivity index (χ1v) is 12.3. The van der Waals surface area contributed by atoms with E-state index >= 15 is 0 Å². The zero-order valence-corrected chi connectivity index (χ0v) is 20.7. The number of fused-ring (bicyclic) bond motifs is 1. The minimum absolute atomic E-state index is 0.195. The van der Waals surface area contributed by atoms with Gasteiger partial charge in [-0.3, -0.25) is 10.4 Å². The van der Waals surface area contributed by atoms with Gasteiger partial charge in [0.15, 0.2) is 5.82 Å². The average Bonchev–Trinajstić information content (AvgIpc) is 3.29. The Bertz CT molecular complexity index is 1380. The van der Waals surface area contributed by atoms with Crippen LogP contribution in [0.3, 0.4) is 0 Å². The normalized spacial score (nSPS) is 15.3. The van der Waals surface area contributed by atoms with Crippen molar-refractivity contribution in [3.63, 3.8) is 0 Å². The summed E-state index contributed by atoms with van der Waals surface area (Å²) in [4.78, 5) is 11.9. The third kappa shape index (κ3) is 4.85. The van der Waals surface area contributed by atoms with Crippen molar-refractivity contribution in [3.8, 4) is 5.75 Å². The highest BCUT2D eigenvalue weighted by Crippen LogP contribution is 2.33. The number of ether oxygens (including phenoxy) is 1. The van der Waals surface area contributed by atoms with Crippen molar-refractivity contribution >= 4 is 45.6 Å². The molecule has 0 bridgehead atoms. The van der Waals surface area contributed by atoms with Crippen LogP contribution in [0.1, 0.15) is 54.3 Å². The molecule has 5 N–H and O–H groups in total. The fourth-order valence-corrected chi connectivity index (χ4v) is 5.25. The molecule has 3 heterocycles. The predicted octanol–water partition coefficient (Wildman–Crippen LogP) is 5.87. The maximum Gasteiger partial charge on any atom is 0.157 e. The summed E-state index contributed by atoms with van der Waals surface area (Å²) in [7, 11) is 0. The van der Waals surface area contributed by atoms with E-state index in [1.165, 1.54) is 18.0 Å². The summed E-state index contributed by atoms with van der Waals surface area (Å²) in [5.41, 5.74) is 11.1. The van der Waals surface area contributed by atoms with E-state index in [-0.39, 0.29) is 5.71 Å². The first-order valence-electron chi connectivity index (χ1n) is 11.6. The molecule has 0 radical (unpaired) electrons. The lowest BCUT2D eigenvalue weighted by Crippen LogP contribution is -2.26. The Labute approximate surface area is 213 Å². The van der Waals surface area contributed by atoms with Gasteiger partial charge in [0.2, 0.25) is 0 Å². The monoisotopic (exact) mass is 508 g/mol. The van der Waals surface area contributed by atoms with Gasteiger partial charge in [0.1, 0.15) is 17.6 Å². The smallest absolute Gasteiger partial charge is 0.157 e. The Kier molecular flexibility index (Phi) is 6.65. The van der Waals surface area contributed by atoms with Crippen molar-refractivity contribution in [2.45, 2.75) is 31.8 Å². The second-order valence-corrected chi connectivity index (χ2v) is 9.60. The summed E-state index contributed by atoms with van der Waals surface area (Å²) >= 11 is 12.6. The number of halogens is 2. The first kappa shape index (κ1) is 23.6. The minimum atomic E-state index is -0.428. The number of piperidine rings is 1. The van der Waals surface area contributed by atoms with Crippen LogP contribution in [0.4, 0.5) is 5.69 Å². The van der Waals surface area contributed by atoms with Crippen LogP contribution < -0.4 is 15.8 Å². The number of H-pyrrole nitrogens is 1. The number of anilines is 1. The Balaban J connectivity index is 1.40. The zero-order valence-electron chi connectivity index (χ0n) is 19.2. The molecule has 1 unspecified atom stereocenters. The number of rotatable bonds is 6. The van der Waals surface area contributed by atoms with Crippen LogP contribution in [0.25, 0.3) is 11.0 Å². The minimum Gasteiger partial charge on any atom is -0.486 e. The molecule has 1 aliphatic rings. The predicted molar refractivity (Wildman–Crippen MR) is 141 cm³/mol. The van der Waals surface area contributed by atoms with Gasteiger partial charge in [-0.25, -0.2) is 4.98 Å². The molecule has 2 aromatic heterocycles. The van der Waals surface area contributed by atoms with Crippen molar-refractivity contribution in [2.24, 2.45) is 0 Å². The highest BCUT2D eigenvalue weighted by Gasteiger charge is 2.20. The summed E-state index contributed by atoms with van der Waals surface area (Å²) < 4.78 is 6.10. The molecule has 180 valence electrons. The summed E-state index contributed by atoms with van der Waals surface area (Å²) in [6, 6.07) is 11.5. The zero-order chi connectivity index (χ0) is 24.5. The van der Waals surface area contributed by atoms with E-state index < -0.39 is 6.10 Å². The van der Waals surface area contributed by atoms with Gasteiger partial charge in [0, 0.05) is 29.2 Å². The molecule has 0 spiro atoms. The molecule has 0 amide bonds. The molecule has 9 heteroatoms. The van der Waals surface area contributed by atoms with Crippen LogP contribution in [-0.2, 0) is 0 Å². The van der Waals surface area contributed by atoms with Crippen molar-refractivity contribution in [3.05, 3.63) is 81.4 Å². The van der Waals surface area contributed by atoms with E-state index in [2.05, 4.69) is 32.4 Å². The number of nitrogens with one attached hydrogen (secondary N) is 3. The van der Waals surface area contributed by atoms with Crippen molar-refractivity contribution in [1.82, 2.24) is 20.3 Å². The maximum atomic E-state index is 8.82. The molecule has 35 heavy (non-hydrogen) atoms. The number of pyridine rings is 1.